The van der Waals surface area contributed by atoms with Gasteiger partial charge in [-0.3, -0.25) is 0 Å². The fourth-order valence-electron chi connectivity index (χ4n) is 1.32. The summed E-state index contributed by atoms with van der Waals surface area (Å²) in [5.74, 6) is 1.04. The third-order valence-corrected chi connectivity index (χ3v) is 3.64. The normalized spacial score (nSPS) is 11.5. The van der Waals surface area contributed by atoms with Crippen molar-refractivity contribution >= 4 is 28.2 Å². The van der Waals surface area contributed by atoms with E-state index in [-0.39, 0.29) is 5.41 Å². The van der Waals surface area contributed by atoms with E-state index in [9.17, 15) is 0 Å². The molecule has 0 bridgehead atoms. The maximum atomic E-state index is 5.32. The Morgan fingerprint density at radius 1 is 1.20 bits per heavy atom. The minimum atomic E-state index is 0.220. The molecule has 2 heteroatoms. The van der Waals surface area contributed by atoms with Gasteiger partial charge in [-0.1, -0.05) is 64.2 Å². The molecule has 0 N–H and O–H groups in total. The zero-order valence-electron chi connectivity index (χ0n) is 9.83. The monoisotopic (exact) mass is 238 g/mol. The van der Waals surface area contributed by atoms with Gasteiger partial charge in [0.05, 0.1) is 4.20 Å². The lowest BCUT2D eigenvalue weighted by Gasteiger charge is -2.19. The first-order chi connectivity index (χ1) is 6.95. The Kier molecular flexibility index (Phi) is 4.35. The van der Waals surface area contributed by atoms with Gasteiger partial charge < -0.3 is 0 Å². The molecule has 0 aliphatic heterocycles. The third kappa shape index (κ3) is 3.62. The average Bonchev–Trinajstić information content (AvgIpc) is 2.17. The number of thiocarbonyl (C=S) groups is 1. The van der Waals surface area contributed by atoms with E-state index in [1.807, 2.05) is 0 Å². The van der Waals surface area contributed by atoms with Crippen LogP contribution in [-0.2, 0) is 5.41 Å². The van der Waals surface area contributed by atoms with Gasteiger partial charge in [0.15, 0.2) is 0 Å². The second-order valence-electron chi connectivity index (χ2n) is 4.55. The van der Waals surface area contributed by atoms with Crippen LogP contribution in [0.2, 0.25) is 0 Å². The van der Waals surface area contributed by atoms with Crippen LogP contribution in [-0.4, -0.2) is 9.95 Å². The molecule has 0 aliphatic carbocycles. The molecule has 0 amide bonds. The summed E-state index contributed by atoms with van der Waals surface area (Å²) in [4.78, 5) is 0. The molecular weight excluding hydrogens is 220 g/mol. The van der Waals surface area contributed by atoms with Crippen LogP contribution < -0.4 is 0 Å². The highest BCUT2D eigenvalue weighted by Crippen LogP contribution is 2.23. The lowest BCUT2D eigenvalue weighted by atomic mass is 9.87. The molecule has 82 valence electrons. The highest BCUT2D eigenvalue weighted by molar-refractivity contribution is 8.23. The molecule has 0 aromatic heterocycles. The van der Waals surface area contributed by atoms with Crippen LogP contribution in [0.4, 0.5) is 0 Å². The van der Waals surface area contributed by atoms with Gasteiger partial charge in [0.25, 0.3) is 0 Å². The second-order valence-corrected chi connectivity index (χ2v) is 6.49. The lowest BCUT2D eigenvalue weighted by molar-refractivity contribution is 0.590. The van der Waals surface area contributed by atoms with E-state index >= 15 is 0 Å². The largest absolute Gasteiger partial charge is 0.114 e. The first kappa shape index (κ1) is 12.7. The van der Waals surface area contributed by atoms with Crippen molar-refractivity contribution in [1.82, 2.24) is 0 Å². The van der Waals surface area contributed by atoms with Gasteiger partial charge >= 0.3 is 0 Å². The number of hydrogen-bond acceptors (Lipinski definition) is 2. The maximum absolute atomic E-state index is 5.32. The number of rotatable bonds is 2. The smallest absolute Gasteiger partial charge is 0.0778 e. The van der Waals surface area contributed by atoms with Crippen LogP contribution in [0.3, 0.4) is 0 Å². The molecule has 1 aromatic rings. The minimum Gasteiger partial charge on any atom is -0.114 e. The van der Waals surface area contributed by atoms with Gasteiger partial charge in [-0.05, 0) is 22.3 Å². The van der Waals surface area contributed by atoms with Crippen LogP contribution in [0.5, 0.6) is 0 Å². The average molecular weight is 238 g/mol. The van der Waals surface area contributed by atoms with Crippen molar-refractivity contribution in [3.05, 3.63) is 35.4 Å². The minimum absolute atomic E-state index is 0.220. The van der Waals surface area contributed by atoms with Gasteiger partial charge in [0.1, 0.15) is 0 Å². The number of benzene rings is 1. The van der Waals surface area contributed by atoms with Crippen molar-refractivity contribution in [2.75, 3.05) is 5.75 Å². The molecule has 0 radical (unpaired) electrons. The predicted octanol–water partition coefficient (Wildman–Crippen LogP) is 4.41. The zero-order valence-corrected chi connectivity index (χ0v) is 11.5. The number of thioether (sulfide) groups is 1. The predicted molar refractivity (Wildman–Crippen MR) is 75.0 cm³/mol. The lowest BCUT2D eigenvalue weighted by Crippen LogP contribution is -2.10. The van der Waals surface area contributed by atoms with Crippen LogP contribution in [0.15, 0.2) is 24.3 Å². The molecule has 15 heavy (non-hydrogen) atoms. The fourth-order valence-corrected chi connectivity index (χ4v) is 2.38. The van der Waals surface area contributed by atoms with Gasteiger partial charge in [0.2, 0.25) is 0 Å². The third-order valence-electron chi connectivity index (χ3n) is 2.26. The molecule has 0 fully saturated rings. The maximum Gasteiger partial charge on any atom is 0.0778 e. The summed E-state index contributed by atoms with van der Waals surface area (Å²) >= 11 is 7.05. The van der Waals surface area contributed by atoms with Crippen LogP contribution in [0, 0.1) is 0 Å². The Labute approximate surface area is 102 Å². The summed E-state index contributed by atoms with van der Waals surface area (Å²) in [5, 5.41) is 0. The molecule has 1 rings (SSSR count). The zero-order chi connectivity index (χ0) is 11.5. The van der Waals surface area contributed by atoms with Crippen molar-refractivity contribution in [1.29, 1.82) is 0 Å². The molecule has 0 saturated heterocycles. The van der Waals surface area contributed by atoms with Crippen molar-refractivity contribution < 1.29 is 0 Å². The quantitative estimate of drug-likeness (QED) is 0.700. The SMILES string of the molecule is CCSC(=S)c1ccc(C(C)(C)C)cc1. The summed E-state index contributed by atoms with van der Waals surface area (Å²) < 4.78 is 0.998. The van der Waals surface area contributed by atoms with Crippen molar-refractivity contribution in [3.8, 4) is 0 Å². The van der Waals surface area contributed by atoms with E-state index in [1.165, 1.54) is 11.1 Å². The molecule has 0 spiro atoms. The highest BCUT2D eigenvalue weighted by atomic mass is 32.2. The molecule has 0 heterocycles. The van der Waals surface area contributed by atoms with Crippen molar-refractivity contribution in [2.45, 2.75) is 33.1 Å². The van der Waals surface area contributed by atoms with Crippen molar-refractivity contribution in [3.63, 3.8) is 0 Å². The Hall–Kier alpha value is -0.340. The van der Waals surface area contributed by atoms with E-state index < -0.39 is 0 Å². The first-order valence-electron chi connectivity index (χ1n) is 5.23. The van der Waals surface area contributed by atoms with E-state index in [2.05, 4.69) is 52.0 Å². The van der Waals surface area contributed by atoms with Crippen LogP contribution in [0.1, 0.15) is 38.8 Å². The summed E-state index contributed by atoms with van der Waals surface area (Å²) in [5.41, 5.74) is 2.75. The Morgan fingerprint density at radius 2 is 1.73 bits per heavy atom. The molecule has 0 saturated carbocycles. The van der Waals surface area contributed by atoms with Crippen molar-refractivity contribution in [2.24, 2.45) is 0 Å². The molecular formula is C13H18S2. The molecule has 0 unspecified atom stereocenters. The van der Waals surface area contributed by atoms with Gasteiger partial charge in [0, 0.05) is 0 Å². The van der Waals surface area contributed by atoms with E-state index in [0.717, 1.165) is 9.95 Å². The summed E-state index contributed by atoms with van der Waals surface area (Å²) in [7, 11) is 0. The van der Waals surface area contributed by atoms with Crippen LogP contribution >= 0.6 is 24.0 Å². The Balaban J connectivity index is 2.86. The summed E-state index contributed by atoms with van der Waals surface area (Å²) in [6.07, 6.45) is 0. The summed E-state index contributed by atoms with van der Waals surface area (Å²) in [6.45, 7) is 8.80. The standard InChI is InChI=1S/C13H18S2/c1-5-15-12(14)10-6-8-11(9-7-10)13(2,3)4/h6-9H,5H2,1-4H3. The Bertz CT molecular complexity index is 331. The first-order valence-corrected chi connectivity index (χ1v) is 6.62. The van der Waals surface area contributed by atoms with Gasteiger partial charge in [-0.25, -0.2) is 0 Å². The molecule has 0 nitrogen and oxygen atoms in total. The molecule has 1 aromatic carbocycles. The fraction of sp³-hybridized carbons (Fsp3) is 0.462. The Morgan fingerprint density at radius 3 is 2.13 bits per heavy atom. The number of hydrogen-bond donors (Lipinski definition) is 0. The topological polar surface area (TPSA) is 0 Å². The van der Waals surface area contributed by atoms with E-state index in [1.54, 1.807) is 11.8 Å². The van der Waals surface area contributed by atoms with E-state index in [0.29, 0.717) is 0 Å². The van der Waals surface area contributed by atoms with Gasteiger partial charge in [-0.2, -0.15) is 0 Å². The highest BCUT2D eigenvalue weighted by Gasteiger charge is 2.13. The second kappa shape index (κ2) is 5.13. The van der Waals surface area contributed by atoms with Gasteiger partial charge in [-0.15, -0.1) is 11.8 Å². The summed E-state index contributed by atoms with van der Waals surface area (Å²) in [6, 6.07) is 8.62. The molecule has 0 aliphatic rings. The van der Waals surface area contributed by atoms with Crippen LogP contribution in [0.25, 0.3) is 0 Å². The van der Waals surface area contributed by atoms with E-state index in [4.69, 9.17) is 12.2 Å². The molecule has 0 atom stereocenters.